The minimum atomic E-state index is -0.338. The van der Waals surface area contributed by atoms with E-state index >= 15 is 0 Å². The quantitative estimate of drug-likeness (QED) is 0.806. The molecule has 0 N–H and O–H groups in total. The molecule has 0 spiro atoms. The monoisotopic (exact) mass is 236 g/mol. The summed E-state index contributed by atoms with van der Waals surface area (Å²) in [6.45, 7) is 4.10. The van der Waals surface area contributed by atoms with E-state index in [9.17, 15) is 4.79 Å². The van der Waals surface area contributed by atoms with Gasteiger partial charge >= 0.3 is 0 Å². The predicted octanol–water partition coefficient (Wildman–Crippen LogP) is 2.76. The van der Waals surface area contributed by atoms with Gasteiger partial charge in [-0.25, -0.2) is 0 Å². The highest BCUT2D eigenvalue weighted by Gasteiger charge is 2.22. The first-order valence-electron chi connectivity index (χ1n) is 5.26. The Labute approximate surface area is 100 Å². The molecule has 1 rings (SSSR count). The van der Waals surface area contributed by atoms with Gasteiger partial charge in [-0.3, -0.25) is 4.79 Å². The third kappa shape index (κ3) is 3.07. The maximum Gasteiger partial charge on any atom is 0.264 e. The Morgan fingerprint density at radius 3 is 2.75 bits per heavy atom. The average molecular weight is 236 g/mol. The van der Waals surface area contributed by atoms with Crippen LogP contribution in [0.1, 0.15) is 29.9 Å². The number of rotatable bonds is 4. The molecule has 1 atom stereocenters. The first kappa shape index (κ1) is 12.7. The summed E-state index contributed by atoms with van der Waals surface area (Å²) in [7, 11) is 1.69. The van der Waals surface area contributed by atoms with Gasteiger partial charge in [0.1, 0.15) is 6.04 Å². The maximum atomic E-state index is 12.0. The molecule has 0 saturated carbocycles. The van der Waals surface area contributed by atoms with Crippen molar-refractivity contribution in [3.8, 4) is 6.07 Å². The lowest BCUT2D eigenvalue weighted by molar-refractivity contribution is 0.0757. The summed E-state index contributed by atoms with van der Waals surface area (Å²) in [5.74, 6) is 0.338. The summed E-state index contributed by atoms with van der Waals surface area (Å²) in [5.41, 5.74) is 0. The summed E-state index contributed by atoms with van der Waals surface area (Å²) >= 11 is 1.41. The number of carbonyl (C=O) groups is 1. The Morgan fingerprint density at radius 2 is 2.31 bits per heavy atom. The van der Waals surface area contributed by atoms with E-state index in [2.05, 4.69) is 6.07 Å². The fourth-order valence-corrected chi connectivity index (χ4v) is 2.17. The van der Waals surface area contributed by atoms with E-state index in [1.165, 1.54) is 16.2 Å². The molecule has 0 saturated heterocycles. The third-order valence-electron chi connectivity index (χ3n) is 2.36. The van der Waals surface area contributed by atoms with E-state index in [1.54, 1.807) is 13.1 Å². The molecule has 0 aromatic carbocycles. The SMILES string of the molecule is CC(C)CC(C#N)N(C)C(=O)c1cccs1. The van der Waals surface area contributed by atoms with E-state index in [0.29, 0.717) is 17.2 Å². The van der Waals surface area contributed by atoms with Gasteiger partial charge in [-0.1, -0.05) is 19.9 Å². The van der Waals surface area contributed by atoms with Crippen molar-refractivity contribution in [3.05, 3.63) is 22.4 Å². The number of nitriles is 1. The molecule has 0 aliphatic heterocycles. The zero-order valence-electron chi connectivity index (χ0n) is 9.80. The van der Waals surface area contributed by atoms with Crippen molar-refractivity contribution in [1.82, 2.24) is 4.90 Å². The van der Waals surface area contributed by atoms with Crippen LogP contribution in [0.2, 0.25) is 0 Å². The van der Waals surface area contributed by atoms with E-state index < -0.39 is 0 Å². The second kappa shape index (κ2) is 5.66. The Bertz CT molecular complexity index is 378. The highest BCUT2D eigenvalue weighted by molar-refractivity contribution is 7.12. The Hall–Kier alpha value is -1.34. The summed E-state index contributed by atoms with van der Waals surface area (Å²) < 4.78 is 0. The first-order chi connectivity index (χ1) is 7.56. The first-order valence-corrected chi connectivity index (χ1v) is 6.14. The van der Waals surface area contributed by atoms with Crippen LogP contribution in [0.5, 0.6) is 0 Å². The van der Waals surface area contributed by atoms with Crippen LogP contribution in [0.25, 0.3) is 0 Å². The fraction of sp³-hybridized carbons (Fsp3) is 0.500. The van der Waals surface area contributed by atoms with Crippen LogP contribution < -0.4 is 0 Å². The molecule has 0 radical (unpaired) electrons. The molecule has 0 aliphatic carbocycles. The third-order valence-corrected chi connectivity index (χ3v) is 3.22. The van der Waals surface area contributed by atoms with Crippen LogP contribution in [-0.2, 0) is 0 Å². The van der Waals surface area contributed by atoms with E-state index in [4.69, 9.17) is 5.26 Å². The lowest BCUT2D eigenvalue weighted by atomic mass is 10.0. The molecule has 1 heterocycles. The van der Waals surface area contributed by atoms with Crippen molar-refractivity contribution in [2.24, 2.45) is 5.92 Å². The number of carbonyl (C=O) groups excluding carboxylic acids is 1. The molecule has 0 fully saturated rings. The second-order valence-corrected chi connectivity index (χ2v) is 5.12. The molecule has 1 amide bonds. The Kier molecular flexibility index (Phi) is 4.51. The van der Waals surface area contributed by atoms with Crippen molar-refractivity contribution < 1.29 is 4.79 Å². The lowest BCUT2D eigenvalue weighted by Crippen LogP contribution is -2.36. The van der Waals surface area contributed by atoms with Crippen molar-refractivity contribution in [2.45, 2.75) is 26.3 Å². The molecule has 4 heteroatoms. The van der Waals surface area contributed by atoms with E-state index in [0.717, 1.165) is 0 Å². The summed E-state index contributed by atoms with van der Waals surface area (Å²) in [5, 5.41) is 10.9. The smallest absolute Gasteiger partial charge is 0.264 e. The zero-order chi connectivity index (χ0) is 12.1. The van der Waals surface area contributed by atoms with Gasteiger partial charge in [0.25, 0.3) is 5.91 Å². The van der Waals surface area contributed by atoms with Crippen molar-refractivity contribution in [2.75, 3.05) is 7.05 Å². The molecular weight excluding hydrogens is 220 g/mol. The summed E-state index contributed by atoms with van der Waals surface area (Å²) in [6.07, 6.45) is 0.712. The van der Waals surface area contributed by atoms with Crippen molar-refractivity contribution in [3.63, 3.8) is 0 Å². The molecule has 0 aliphatic rings. The topological polar surface area (TPSA) is 44.1 Å². The highest BCUT2D eigenvalue weighted by Crippen LogP contribution is 2.16. The lowest BCUT2D eigenvalue weighted by Gasteiger charge is -2.23. The fourth-order valence-electron chi connectivity index (χ4n) is 1.46. The predicted molar refractivity (Wildman–Crippen MR) is 65.3 cm³/mol. The second-order valence-electron chi connectivity index (χ2n) is 4.17. The Balaban J connectivity index is 2.73. The highest BCUT2D eigenvalue weighted by atomic mass is 32.1. The van der Waals surface area contributed by atoms with Crippen LogP contribution in [0.4, 0.5) is 0 Å². The van der Waals surface area contributed by atoms with Crippen molar-refractivity contribution >= 4 is 17.2 Å². The Morgan fingerprint density at radius 1 is 1.62 bits per heavy atom. The van der Waals surface area contributed by atoms with E-state index in [-0.39, 0.29) is 11.9 Å². The number of nitrogens with zero attached hydrogens (tertiary/aromatic N) is 2. The minimum absolute atomic E-state index is 0.0674. The summed E-state index contributed by atoms with van der Waals surface area (Å²) in [6, 6.07) is 5.48. The van der Waals surface area contributed by atoms with Gasteiger partial charge in [-0.15, -0.1) is 11.3 Å². The van der Waals surface area contributed by atoms with Gasteiger partial charge in [0.05, 0.1) is 10.9 Å². The van der Waals surface area contributed by atoms with Gasteiger partial charge in [0, 0.05) is 7.05 Å². The van der Waals surface area contributed by atoms with Gasteiger partial charge in [-0.05, 0) is 23.8 Å². The maximum absolute atomic E-state index is 12.0. The molecule has 3 nitrogen and oxygen atoms in total. The summed E-state index contributed by atoms with van der Waals surface area (Å²) in [4.78, 5) is 14.2. The molecule has 16 heavy (non-hydrogen) atoms. The van der Waals surface area contributed by atoms with E-state index in [1.807, 2.05) is 25.3 Å². The molecule has 1 aromatic heterocycles. The zero-order valence-corrected chi connectivity index (χ0v) is 10.6. The van der Waals surface area contributed by atoms with Gasteiger partial charge < -0.3 is 4.90 Å². The molecule has 86 valence electrons. The molecular formula is C12H16N2OS. The number of hydrogen-bond donors (Lipinski definition) is 0. The van der Waals surface area contributed by atoms with Crippen LogP contribution >= 0.6 is 11.3 Å². The van der Waals surface area contributed by atoms with Crippen LogP contribution in [0.3, 0.4) is 0 Å². The largest absolute Gasteiger partial charge is 0.325 e. The van der Waals surface area contributed by atoms with Crippen LogP contribution in [-0.4, -0.2) is 23.9 Å². The normalized spacial score (nSPS) is 12.2. The van der Waals surface area contributed by atoms with Crippen molar-refractivity contribution in [1.29, 1.82) is 5.26 Å². The van der Waals surface area contributed by atoms with Crippen LogP contribution in [0, 0.1) is 17.2 Å². The molecule has 1 aromatic rings. The standard InChI is InChI=1S/C12H16N2OS/c1-9(2)7-10(8-13)14(3)12(15)11-5-4-6-16-11/h4-6,9-10H,7H2,1-3H3. The number of hydrogen-bond acceptors (Lipinski definition) is 3. The minimum Gasteiger partial charge on any atom is -0.325 e. The van der Waals surface area contributed by atoms with Gasteiger partial charge in [-0.2, -0.15) is 5.26 Å². The molecule has 0 bridgehead atoms. The average Bonchev–Trinajstić information content (AvgIpc) is 2.76. The number of amides is 1. The van der Waals surface area contributed by atoms with Crippen LogP contribution in [0.15, 0.2) is 17.5 Å². The number of thiophene rings is 1. The van der Waals surface area contributed by atoms with Gasteiger partial charge in [0.2, 0.25) is 0 Å². The molecule has 1 unspecified atom stereocenters. The van der Waals surface area contributed by atoms with Gasteiger partial charge in [0.15, 0.2) is 0 Å².